The van der Waals surface area contributed by atoms with Crippen molar-refractivity contribution in [2.75, 3.05) is 39.3 Å². The molecule has 0 aromatic heterocycles. The highest BCUT2D eigenvalue weighted by atomic mass is 16.2. The molecular weight excluding hydrogens is 358 g/mol. The van der Waals surface area contributed by atoms with Crippen LogP contribution in [0.2, 0.25) is 0 Å². The molecule has 3 N–H and O–H groups in total. The normalized spacial score (nSPS) is 24.2. The molecule has 152 valence electrons. The number of rotatable bonds is 6. The Morgan fingerprint density at radius 3 is 2.52 bits per heavy atom. The lowest BCUT2D eigenvalue weighted by Gasteiger charge is -2.30. The highest BCUT2D eigenvalue weighted by molar-refractivity contribution is 5.77. The molecule has 2 aromatic carbocycles. The van der Waals surface area contributed by atoms with Crippen molar-refractivity contribution in [1.82, 2.24) is 5.32 Å². The molecule has 4 heteroatoms. The van der Waals surface area contributed by atoms with Crippen molar-refractivity contribution in [1.29, 1.82) is 0 Å². The monoisotopic (exact) mass is 391 g/mol. The Bertz CT molecular complexity index is 825. The zero-order valence-electron chi connectivity index (χ0n) is 17.2. The van der Waals surface area contributed by atoms with Gasteiger partial charge < -0.3 is 15.1 Å². The summed E-state index contributed by atoms with van der Waals surface area (Å²) in [5.41, 5.74) is 3.98. The van der Waals surface area contributed by atoms with Crippen LogP contribution in [0.1, 0.15) is 35.6 Å². The number of carbonyl (C=O) groups excluding carboxylic acids is 1. The van der Waals surface area contributed by atoms with Crippen molar-refractivity contribution in [3.63, 3.8) is 0 Å². The third-order valence-corrected chi connectivity index (χ3v) is 6.30. The second kappa shape index (κ2) is 9.86. The first kappa shape index (κ1) is 19.9. The standard InChI is InChI=1S/C25H31N3O/c29-25(26-24-14-6-12-22-11-4-5-13-23(22)24)20-28-18-16-27(17-19-28)15-7-10-21-8-2-1-3-9-21/h1-5,7-11,13,24H,6,12,14-20H2,(H,26,29)/p+2/b10-7+/t24-/m1/s1. The molecule has 1 heterocycles. The number of hydrogen-bond acceptors (Lipinski definition) is 1. The predicted molar refractivity (Wildman–Crippen MR) is 117 cm³/mol. The fourth-order valence-electron chi connectivity index (χ4n) is 4.64. The maximum absolute atomic E-state index is 12.6. The van der Waals surface area contributed by atoms with E-state index in [1.54, 1.807) is 4.90 Å². The smallest absolute Gasteiger partial charge is 0.275 e. The summed E-state index contributed by atoms with van der Waals surface area (Å²) in [6, 6.07) is 19.2. The number of quaternary nitrogens is 2. The summed E-state index contributed by atoms with van der Waals surface area (Å²) in [5.74, 6) is 0.203. The van der Waals surface area contributed by atoms with E-state index in [2.05, 4.69) is 66.0 Å². The van der Waals surface area contributed by atoms with E-state index >= 15 is 0 Å². The van der Waals surface area contributed by atoms with Gasteiger partial charge in [0.05, 0.1) is 12.6 Å². The van der Waals surface area contributed by atoms with Gasteiger partial charge in [-0.2, -0.15) is 0 Å². The third-order valence-electron chi connectivity index (χ3n) is 6.30. The average molecular weight is 392 g/mol. The summed E-state index contributed by atoms with van der Waals surface area (Å²) >= 11 is 0. The first-order chi connectivity index (χ1) is 14.3. The number of carbonyl (C=O) groups is 1. The first-order valence-corrected chi connectivity index (χ1v) is 11.0. The van der Waals surface area contributed by atoms with Crippen molar-refractivity contribution in [3.8, 4) is 0 Å². The minimum absolute atomic E-state index is 0.196. The van der Waals surface area contributed by atoms with E-state index < -0.39 is 0 Å². The van der Waals surface area contributed by atoms with Gasteiger partial charge in [0.1, 0.15) is 26.2 Å². The van der Waals surface area contributed by atoms with Crippen molar-refractivity contribution in [3.05, 3.63) is 77.4 Å². The number of amides is 1. The maximum atomic E-state index is 12.6. The molecule has 1 amide bonds. The molecule has 4 rings (SSSR count). The summed E-state index contributed by atoms with van der Waals surface area (Å²) in [7, 11) is 0. The van der Waals surface area contributed by atoms with Gasteiger partial charge in [-0.1, -0.05) is 60.7 Å². The Morgan fingerprint density at radius 1 is 0.966 bits per heavy atom. The Labute approximate surface area is 174 Å². The molecule has 0 bridgehead atoms. The molecule has 0 spiro atoms. The second-order valence-corrected chi connectivity index (χ2v) is 8.41. The zero-order chi connectivity index (χ0) is 19.9. The molecule has 1 aliphatic heterocycles. The molecule has 0 saturated carbocycles. The van der Waals surface area contributed by atoms with E-state index in [1.807, 2.05) is 6.07 Å². The van der Waals surface area contributed by atoms with E-state index in [-0.39, 0.29) is 11.9 Å². The fraction of sp³-hybridized carbons (Fsp3) is 0.400. The van der Waals surface area contributed by atoms with Crippen LogP contribution in [0, 0.1) is 0 Å². The van der Waals surface area contributed by atoms with E-state index in [0.29, 0.717) is 6.54 Å². The highest BCUT2D eigenvalue weighted by Crippen LogP contribution is 2.29. The summed E-state index contributed by atoms with van der Waals surface area (Å²) in [6.45, 7) is 6.08. The van der Waals surface area contributed by atoms with Gasteiger partial charge in [0.2, 0.25) is 0 Å². The quantitative estimate of drug-likeness (QED) is 0.666. The summed E-state index contributed by atoms with van der Waals surface area (Å²) in [5, 5.41) is 3.31. The number of fused-ring (bicyclic) bond motifs is 1. The molecule has 29 heavy (non-hydrogen) atoms. The van der Waals surface area contributed by atoms with E-state index in [0.717, 1.165) is 52.0 Å². The van der Waals surface area contributed by atoms with Gasteiger partial charge in [-0.15, -0.1) is 0 Å². The van der Waals surface area contributed by atoms with Gasteiger partial charge in [-0.05, 0) is 42.0 Å². The zero-order valence-corrected chi connectivity index (χ0v) is 17.2. The Kier molecular flexibility index (Phi) is 6.75. The molecule has 1 saturated heterocycles. The second-order valence-electron chi connectivity index (χ2n) is 8.41. The van der Waals surface area contributed by atoms with Crippen LogP contribution in [0.5, 0.6) is 0 Å². The number of nitrogens with one attached hydrogen (secondary N) is 3. The number of piperazine rings is 1. The summed E-state index contributed by atoms with van der Waals surface area (Å²) < 4.78 is 0. The van der Waals surface area contributed by atoms with Gasteiger partial charge in [0, 0.05) is 0 Å². The topological polar surface area (TPSA) is 38.0 Å². The highest BCUT2D eigenvalue weighted by Gasteiger charge is 2.26. The molecule has 0 radical (unpaired) electrons. The van der Waals surface area contributed by atoms with Gasteiger partial charge in [0.15, 0.2) is 6.54 Å². The number of hydrogen-bond donors (Lipinski definition) is 3. The lowest BCUT2D eigenvalue weighted by atomic mass is 9.88. The minimum atomic E-state index is 0.196. The first-order valence-electron chi connectivity index (χ1n) is 11.0. The molecule has 4 nitrogen and oxygen atoms in total. The van der Waals surface area contributed by atoms with Crippen LogP contribution in [-0.4, -0.2) is 45.2 Å². The molecule has 2 aromatic rings. The summed E-state index contributed by atoms with van der Waals surface area (Å²) in [4.78, 5) is 15.7. The van der Waals surface area contributed by atoms with Crippen LogP contribution in [-0.2, 0) is 11.2 Å². The number of aryl methyl sites for hydroxylation is 1. The molecule has 1 atom stereocenters. The van der Waals surface area contributed by atoms with E-state index in [9.17, 15) is 4.79 Å². The lowest BCUT2D eigenvalue weighted by molar-refractivity contribution is -1.01. The lowest BCUT2D eigenvalue weighted by Crippen LogP contribution is -3.28. The van der Waals surface area contributed by atoms with Crippen molar-refractivity contribution in [2.45, 2.75) is 25.3 Å². The predicted octanol–water partition coefficient (Wildman–Crippen LogP) is 0.677. The van der Waals surface area contributed by atoms with Gasteiger partial charge in [-0.25, -0.2) is 0 Å². The summed E-state index contributed by atoms with van der Waals surface area (Å²) in [6.07, 6.45) is 7.85. The van der Waals surface area contributed by atoms with Crippen molar-refractivity contribution >= 4 is 12.0 Å². The van der Waals surface area contributed by atoms with Crippen molar-refractivity contribution < 1.29 is 14.6 Å². The van der Waals surface area contributed by atoms with E-state index in [4.69, 9.17) is 0 Å². The van der Waals surface area contributed by atoms with Gasteiger partial charge >= 0.3 is 0 Å². The fourth-order valence-corrected chi connectivity index (χ4v) is 4.64. The Morgan fingerprint density at radius 2 is 1.69 bits per heavy atom. The van der Waals surface area contributed by atoms with E-state index in [1.165, 1.54) is 21.6 Å². The van der Waals surface area contributed by atoms with Crippen LogP contribution in [0.15, 0.2) is 60.7 Å². The molecule has 1 fully saturated rings. The third kappa shape index (κ3) is 5.55. The molecule has 1 aliphatic carbocycles. The van der Waals surface area contributed by atoms with Crippen LogP contribution in [0.4, 0.5) is 0 Å². The van der Waals surface area contributed by atoms with Crippen LogP contribution in [0.25, 0.3) is 6.08 Å². The molecular formula is C25H33N3O+2. The SMILES string of the molecule is O=C(C[NH+]1CC[NH+](C/C=C/c2ccccc2)CC1)N[C@@H]1CCCc2ccccc21. The van der Waals surface area contributed by atoms with Crippen LogP contribution < -0.4 is 15.1 Å². The molecule has 2 aliphatic rings. The van der Waals surface area contributed by atoms with Crippen LogP contribution >= 0.6 is 0 Å². The minimum Gasteiger partial charge on any atom is -0.344 e. The maximum Gasteiger partial charge on any atom is 0.275 e. The molecule has 0 unspecified atom stereocenters. The Hall–Kier alpha value is -2.43. The van der Waals surface area contributed by atoms with Gasteiger partial charge in [-0.3, -0.25) is 4.79 Å². The van der Waals surface area contributed by atoms with Gasteiger partial charge in [0.25, 0.3) is 5.91 Å². The number of benzene rings is 2. The van der Waals surface area contributed by atoms with Crippen LogP contribution in [0.3, 0.4) is 0 Å². The Balaban J connectivity index is 1.20. The average Bonchev–Trinajstić information content (AvgIpc) is 2.76. The largest absolute Gasteiger partial charge is 0.344 e. The van der Waals surface area contributed by atoms with Crippen molar-refractivity contribution in [2.24, 2.45) is 0 Å².